The van der Waals surface area contributed by atoms with Crippen LogP contribution in [0.3, 0.4) is 0 Å². The van der Waals surface area contributed by atoms with Crippen molar-refractivity contribution in [3.05, 3.63) is 35.9 Å². The van der Waals surface area contributed by atoms with Crippen LogP contribution in [0.25, 0.3) is 6.08 Å². The van der Waals surface area contributed by atoms with Crippen molar-refractivity contribution in [3.63, 3.8) is 0 Å². The van der Waals surface area contributed by atoms with Gasteiger partial charge in [0.05, 0.1) is 0 Å². The first-order chi connectivity index (χ1) is 6.90. The maximum atomic E-state index is 3.54. The van der Waals surface area contributed by atoms with Crippen LogP contribution in [0.2, 0.25) is 0 Å². The normalized spacial score (nSPS) is 18.8. The highest BCUT2D eigenvalue weighted by molar-refractivity contribution is 5.70. The van der Waals surface area contributed by atoms with Gasteiger partial charge in [0.1, 0.15) is 0 Å². The summed E-state index contributed by atoms with van der Waals surface area (Å²) in [4.78, 5) is 0. The lowest BCUT2D eigenvalue weighted by atomic mass is 10.0. The monoisotopic (exact) mass is 187 g/mol. The predicted octanol–water partition coefficient (Wildman–Crippen LogP) is 3.68. The molecule has 0 saturated carbocycles. The van der Waals surface area contributed by atoms with Crippen LogP contribution >= 0.6 is 0 Å². The third-order valence-electron chi connectivity index (χ3n) is 2.68. The molecule has 0 aliphatic carbocycles. The summed E-state index contributed by atoms with van der Waals surface area (Å²) in [5, 5.41) is 3.54. The first-order valence-corrected chi connectivity index (χ1v) is 5.44. The Balaban J connectivity index is 2.06. The quantitative estimate of drug-likeness (QED) is 0.761. The summed E-state index contributed by atoms with van der Waals surface area (Å²) in [6.07, 6.45) is 8.31. The molecule has 0 aromatic heterocycles. The summed E-state index contributed by atoms with van der Waals surface area (Å²) in [6, 6.07) is 9.00. The van der Waals surface area contributed by atoms with E-state index >= 15 is 0 Å². The number of anilines is 1. The largest absolute Gasteiger partial charge is 0.378 e. The second kappa shape index (κ2) is 4.32. The molecule has 0 amide bonds. The Morgan fingerprint density at radius 1 is 1.29 bits per heavy atom. The number of rotatable bonds is 3. The van der Waals surface area contributed by atoms with Crippen LogP contribution in [0.4, 0.5) is 5.69 Å². The molecule has 0 bridgehead atoms. The van der Waals surface area contributed by atoms with Gasteiger partial charge in [-0.3, -0.25) is 0 Å². The molecule has 0 radical (unpaired) electrons. The lowest BCUT2D eigenvalue weighted by Gasteiger charge is -2.21. The van der Waals surface area contributed by atoms with Gasteiger partial charge in [-0.2, -0.15) is 0 Å². The van der Waals surface area contributed by atoms with Gasteiger partial charge >= 0.3 is 0 Å². The van der Waals surface area contributed by atoms with Crippen molar-refractivity contribution in [1.82, 2.24) is 0 Å². The van der Waals surface area contributed by atoms with Crippen LogP contribution in [0, 0.1) is 0 Å². The van der Waals surface area contributed by atoms with E-state index in [1.54, 1.807) is 0 Å². The maximum Gasteiger partial charge on any atom is 0.0447 e. The summed E-state index contributed by atoms with van der Waals surface area (Å²) in [6.45, 7) is 2.24. The topological polar surface area (TPSA) is 12.0 Å². The van der Waals surface area contributed by atoms with Crippen molar-refractivity contribution in [2.75, 3.05) is 5.32 Å². The molecule has 14 heavy (non-hydrogen) atoms. The molecule has 0 fully saturated rings. The fourth-order valence-electron chi connectivity index (χ4n) is 1.83. The molecule has 1 heteroatoms. The number of benzene rings is 1. The molecule has 74 valence electrons. The molecule has 2 rings (SSSR count). The molecular weight excluding hydrogens is 170 g/mol. The smallest absolute Gasteiger partial charge is 0.0447 e. The van der Waals surface area contributed by atoms with E-state index in [0.29, 0.717) is 6.04 Å². The molecule has 1 aliphatic heterocycles. The van der Waals surface area contributed by atoms with Gasteiger partial charge < -0.3 is 5.32 Å². The molecule has 1 aromatic carbocycles. The van der Waals surface area contributed by atoms with Crippen LogP contribution in [-0.2, 0) is 0 Å². The summed E-state index contributed by atoms with van der Waals surface area (Å²) in [5.41, 5.74) is 2.58. The molecule has 1 nitrogen and oxygen atoms in total. The van der Waals surface area contributed by atoms with E-state index < -0.39 is 0 Å². The fourth-order valence-corrected chi connectivity index (χ4v) is 1.83. The number of para-hydroxylation sites is 1. The molecule has 0 unspecified atom stereocenters. The van der Waals surface area contributed by atoms with Crippen LogP contribution in [0.15, 0.2) is 30.3 Å². The summed E-state index contributed by atoms with van der Waals surface area (Å²) < 4.78 is 0. The predicted molar refractivity (Wildman–Crippen MR) is 62.4 cm³/mol. The van der Waals surface area contributed by atoms with Crippen molar-refractivity contribution < 1.29 is 0 Å². The van der Waals surface area contributed by atoms with Crippen LogP contribution in [0.1, 0.15) is 31.7 Å². The van der Waals surface area contributed by atoms with E-state index in [1.807, 2.05) is 0 Å². The summed E-state index contributed by atoms with van der Waals surface area (Å²) in [5.74, 6) is 0. The maximum absolute atomic E-state index is 3.54. The highest BCUT2D eigenvalue weighted by Gasteiger charge is 2.10. The van der Waals surface area contributed by atoms with E-state index in [4.69, 9.17) is 0 Å². The Morgan fingerprint density at radius 3 is 3.00 bits per heavy atom. The molecule has 1 heterocycles. The summed E-state index contributed by atoms with van der Waals surface area (Å²) >= 11 is 0. The minimum Gasteiger partial charge on any atom is -0.378 e. The molecule has 1 aromatic rings. The van der Waals surface area contributed by atoms with Gasteiger partial charge in [0.2, 0.25) is 0 Å². The highest BCUT2D eigenvalue weighted by atomic mass is 14.9. The molecule has 0 spiro atoms. The zero-order valence-corrected chi connectivity index (χ0v) is 8.66. The van der Waals surface area contributed by atoms with Crippen LogP contribution in [0.5, 0.6) is 0 Å². The first kappa shape index (κ1) is 9.32. The summed E-state index contributed by atoms with van der Waals surface area (Å²) in [7, 11) is 0. The second-order valence-electron chi connectivity index (χ2n) is 3.84. The van der Waals surface area contributed by atoms with Crippen molar-refractivity contribution >= 4 is 11.8 Å². The zero-order chi connectivity index (χ0) is 9.80. The van der Waals surface area contributed by atoms with Gasteiger partial charge in [-0.1, -0.05) is 50.1 Å². The van der Waals surface area contributed by atoms with E-state index in [2.05, 4.69) is 48.7 Å². The molecule has 1 aliphatic rings. The first-order valence-electron chi connectivity index (χ1n) is 5.44. The SMILES string of the molecule is CCCC[C@H]1C=Cc2ccccc2N1. The third-order valence-corrected chi connectivity index (χ3v) is 2.68. The van der Waals surface area contributed by atoms with Crippen LogP contribution in [-0.4, -0.2) is 6.04 Å². The number of nitrogens with one attached hydrogen (secondary N) is 1. The number of fused-ring (bicyclic) bond motifs is 1. The van der Waals surface area contributed by atoms with Gasteiger partial charge in [-0.05, 0) is 18.1 Å². The lowest BCUT2D eigenvalue weighted by molar-refractivity contribution is 0.680. The van der Waals surface area contributed by atoms with Gasteiger partial charge in [0.15, 0.2) is 0 Å². The van der Waals surface area contributed by atoms with E-state index in [9.17, 15) is 0 Å². The van der Waals surface area contributed by atoms with E-state index in [-0.39, 0.29) is 0 Å². The minimum atomic E-state index is 0.532. The van der Waals surface area contributed by atoms with Gasteiger partial charge in [0.25, 0.3) is 0 Å². The molecular formula is C13H17N. The van der Waals surface area contributed by atoms with Crippen molar-refractivity contribution in [2.24, 2.45) is 0 Å². The Hall–Kier alpha value is -1.24. The second-order valence-corrected chi connectivity index (χ2v) is 3.84. The molecule has 1 N–H and O–H groups in total. The van der Waals surface area contributed by atoms with Gasteiger partial charge in [-0.25, -0.2) is 0 Å². The lowest BCUT2D eigenvalue weighted by Crippen LogP contribution is -2.19. The van der Waals surface area contributed by atoms with E-state index in [0.717, 1.165) is 0 Å². The van der Waals surface area contributed by atoms with Crippen molar-refractivity contribution in [1.29, 1.82) is 0 Å². The third kappa shape index (κ3) is 1.98. The average Bonchev–Trinajstić information content (AvgIpc) is 2.26. The number of unbranched alkanes of at least 4 members (excludes halogenated alkanes) is 1. The molecule has 1 atom stereocenters. The van der Waals surface area contributed by atoms with Crippen molar-refractivity contribution in [3.8, 4) is 0 Å². The Kier molecular flexibility index (Phi) is 2.87. The van der Waals surface area contributed by atoms with Crippen LogP contribution < -0.4 is 5.32 Å². The number of hydrogen-bond donors (Lipinski definition) is 1. The van der Waals surface area contributed by atoms with Gasteiger partial charge in [0, 0.05) is 11.7 Å². The standard InChI is InChI=1S/C13H17N/c1-2-3-7-12-10-9-11-6-4-5-8-13(11)14-12/h4-6,8-10,12,14H,2-3,7H2,1H3/t12-/m0/s1. The van der Waals surface area contributed by atoms with Gasteiger partial charge in [-0.15, -0.1) is 0 Å². The van der Waals surface area contributed by atoms with E-state index in [1.165, 1.54) is 30.5 Å². The zero-order valence-electron chi connectivity index (χ0n) is 8.66. The highest BCUT2D eigenvalue weighted by Crippen LogP contribution is 2.23. The molecule has 0 saturated heterocycles. The van der Waals surface area contributed by atoms with Crippen molar-refractivity contribution in [2.45, 2.75) is 32.2 Å². The minimum absolute atomic E-state index is 0.532. The Morgan fingerprint density at radius 2 is 2.14 bits per heavy atom. The Bertz CT molecular complexity index is 328. The Labute approximate surface area is 85.8 Å². The average molecular weight is 187 g/mol. The fraction of sp³-hybridized carbons (Fsp3) is 0.385. The number of hydrogen-bond acceptors (Lipinski definition) is 1.